The van der Waals surface area contributed by atoms with E-state index >= 15 is 0 Å². The van der Waals surface area contributed by atoms with E-state index in [1.165, 1.54) is 6.07 Å². The Bertz CT molecular complexity index is 313. The molecule has 0 radical (unpaired) electrons. The molecule has 4 heteroatoms. The Morgan fingerprint density at radius 2 is 2.29 bits per heavy atom. The predicted octanol–water partition coefficient (Wildman–Crippen LogP) is 1.75. The van der Waals surface area contributed by atoms with Gasteiger partial charge in [-0.15, -0.1) is 0 Å². The minimum absolute atomic E-state index is 0.166. The first-order valence-electron chi connectivity index (χ1n) is 4.68. The third-order valence-corrected chi connectivity index (χ3v) is 1.96. The van der Waals surface area contributed by atoms with Crippen molar-refractivity contribution >= 4 is 5.69 Å². The topological polar surface area (TPSA) is 55.2 Å². The van der Waals surface area contributed by atoms with Gasteiger partial charge in [-0.3, -0.25) is 10.1 Å². The number of rotatable bonds is 5. The van der Waals surface area contributed by atoms with E-state index in [9.17, 15) is 10.1 Å². The van der Waals surface area contributed by atoms with Crippen molar-refractivity contribution < 1.29 is 4.92 Å². The van der Waals surface area contributed by atoms with Crippen LogP contribution in [-0.4, -0.2) is 18.0 Å². The van der Waals surface area contributed by atoms with Gasteiger partial charge in [0.1, 0.15) is 0 Å². The summed E-state index contributed by atoms with van der Waals surface area (Å²) in [6.45, 7) is 3.82. The quantitative estimate of drug-likeness (QED) is 0.441. The molecule has 0 aliphatic rings. The minimum atomic E-state index is -0.364. The molecule has 0 amide bonds. The summed E-state index contributed by atoms with van der Waals surface area (Å²) in [6, 6.07) is 6.76. The van der Waals surface area contributed by atoms with Crippen LogP contribution in [0.4, 0.5) is 5.69 Å². The molecular weight excluding hydrogens is 180 g/mol. The molecule has 0 aromatic heterocycles. The lowest BCUT2D eigenvalue weighted by Gasteiger charge is -2.01. The van der Waals surface area contributed by atoms with E-state index in [0.717, 1.165) is 25.1 Å². The lowest BCUT2D eigenvalue weighted by molar-refractivity contribution is -0.384. The molecule has 1 N–H and O–H groups in total. The van der Waals surface area contributed by atoms with Crippen molar-refractivity contribution in [2.45, 2.75) is 13.3 Å². The lowest BCUT2D eigenvalue weighted by atomic mass is 10.1. The Morgan fingerprint density at radius 1 is 1.50 bits per heavy atom. The fraction of sp³-hybridized carbons (Fsp3) is 0.400. The molecule has 76 valence electrons. The van der Waals surface area contributed by atoms with Gasteiger partial charge >= 0.3 is 0 Å². The molecule has 1 aromatic rings. The molecular formula is C10H14N2O2. The first kappa shape index (κ1) is 10.7. The van der Waals surface area contributed by atoms with Crippen LogP contribution in [0.5, 0.6) is 0 Å². The molecule has 0 bridgehead atoms. The molecule has 1 aromatic carbocycles. The summed E-state index contributed by atoms with van der Waals surface area (Å²) in [4.78, 5) is 10.1. The van der Waals surface area contributed by atoms with Crippen LogP contribution < -0.4 is 5.32 Å². The zero-order valence-electron chi connectivity index (χ0n) is 8.19. The molecule has 0 spiro atoms. The smallest absolute Gasteiger partial charge is 0.269 e. The molecule has 14 heavy (non-hydrogen) atoms. The largest absolute Gasteiger partial charge is 0.317 e. The Hall–Kier alpha value is -1.42. The maximum atomic E-state index is 10.5. The van der Waals surface area contributed by atoms with Crippen LogP contribution in [0.15, 0.2) is 24.3 Å². The Balaban J connectivity index is 2.59. The average Bonchev–Trinajstić information content (AvgIpc) is 2.19. The summed E-state index contributed by atoms with van der Waals surface area (Å²) in [7, 11) is 0. The van der Waals surface area contributed by atoms with E-state index in [4.69, 9.17) is 0 Å². The van der Waals surface area contributed by atoms with Gasteiger partial charge in [-0.25, -0.2) is 0 Å². The van der Waals surface area contributed by atoms with Gasteiger partial charge in [-0.1, -0.05) is 19.1 Å². The number of hydrogen-bond donors (Lipinski definition) is 1. The van der Waals surface area contributed by atoms with Gasteiger partial charge in [0.2, 0.25) is 0 Å². The van der Waals surface area contributed by atoms with Gasteiger partial charge in [-0.2, -0.15) is 0 Å². The zero-order chi connectivity index (χ0) is 10.4. The summed E-state index contributed by atoms with van der Waals surface area (Å²) < 4.78 is 0. The fourth-order valence-corrected chi connectivity index (χ4v) is 1.24. The normalized spacial score (nSPS) is 10.1. The third kappa shape index (κ3) is 3.14. The maximum Gasteiger partial charge on any atom is 0.269 e. The molecule has 1 rings (SSSR count). The first-order valence-corrected chi connectivity index (χ1v) is 4.68. The number of hydrogen-bond acceptors (Lipinski definition) is 3. The molecule has 0 unspecified atom stereocenters. The molecule has 0 atom stereocenters. The Kier molecular flexibility index (Phi) is 4.07. The number of nitro benzene ring substituents is 1. The molecule has 0 aliphatic carbocycles. The van der Waals surface area contributed by atoms with E-state index in [0.29, 0.717) is 0 Å². The average molecular weight is 194 g/mol. The first-order chi connectivity index (χ1) is 6.74. The second kappa shape index (κ2) is 5.34. The van der Waals surface area contributed by atoms with E-state index in [1.54, 1.807) is 12.1 Å². The van der Waals surface area contributed by atoms with Crippen molar-refractivity contribution in [1.29, 1.82) is 0 Å². The summed E-state index contributed by atoms with van der Waals surface area (Å²) in [5, 5.41) is 13.6. The highest BCUT2D eigenvalue weighted by molar-refractivity contribution is 5.34. The number of nitrogens with zero attached hydrogens (tertiary/aromatic N) is 1. The highest BCUT2D eigenvalue weighted by atomic mass is 16.6. The number of non-ortho nitro benzene ring substituents is 1. The fourth-order valence-electron chi connectivity index (χ4n) is 1.24. The van der Waals surface area contributed by atoms with Crippen LogP contribution in [0, 0.1) is 10.1 Å². The monoisotopic (exact) mass is 194 g/mol. The highest BCUT2D eigenvalue weighted by Gasteiger charge is 2.04. The van der Waals surface area contributed by atoms with Crippen molar-refractivity contribution in [2.75, 3.05) is 13.1 Å². The van der Waals surface area contributed by atoms with Crippen molar-refractivity contribution in [3.05, 3.63) is 39.9 Å². The molecule has 0 saturated carbocycles. The van der Waals surface area contributed by atoms with Crippen molar-refractivity contribution in [2.24, 2.45) is 0 Å². The Labute approximate surface area is 83.1 Å². The number of nitro groups is 1. The van der Waals surface area contributed by atoms with Crippen LogP contribution in [0.3, 0.4) is 0 Å². The second-order valence-electron chi connectivity index (χ2n) is 3.03. The number of benzene rings is 1. The molecule has 0 fully saturated rings. The summed E-state index contributed by atoms with van der Waals surface area (Å²) in [6.07, 6.45) is 0.829. The van der Waals surface area contributed by atoms with E-state index < -0.39 is 0 Å². The van der Waals surface area contributed by atoms with Crippen molar-refractivity contribution in [3.63, 3.8) is 0 Å². The Morgan fingerprint density at radius 3 is 2.93 bits per heavy atom. The number of nitrogens with one attached hydrogen (secondary N) is 1. The molecule has 0 saturated heterocycles. The van der Waals surface area contributed by atoms with Gasteiger partial charge < -0.3 is 5.32 Å². The number of likely N-dealkylation sites (N-methyl/N-ethyl adjacent to an activating group) is 1. The zero-order valence-corrected chi connectivity index (χ0v) is 8.19. The van der Waals surface area contributed by atoms with Gasteiger partial charge in [-0.05, 0) is 25.1 Å². The summed E-state index contributed by atoms with van der Waals surface area (Å²) in [5.74, 6) is 0. The van der Waals surface area contributed by atoms with E-state index in [1.807, 2.05) is 13.0 Å². The van der Waals surface area contributed by atoms with Crippen LogP contribution >= 0.6 is 0 Å². The molecule has 4 nitrogen and oxygen atoms in total. The van der Waals surface area contributed by atoms with Crippen molar-refractivity contribution in [3.8, 4) is 0 Å². The third-order valence-electron chi connectivity index (χ3n) is 1.96. The summed E-state index contributed by atoms with van der Waals surface area (Å²) >= 11 is 0. The van der Waals surface area contributed by atoms with Crippen LogP contribution in [0.2, 0.25) is 0 Å². The van der Waals surface area contributed by atoms with Gasteiger partial charge in [0.25, 0.3) is 5.69 Å². The summed E-state index contributed by atoms with van der Waals surface area (Å²) in [5.41, 5.74) is 1.17. The van der Waals surface area contributed by atoms with Crippen LogP contribution in [0.25, 0.3) is 0 Å². The van der Waals surface area contributed by atoms with Crippen LogP contribution in [0.1, 0.15) is 12.5 Å². The van der Waals surface area contributed by atoms with E-state index in [-0.39, 0.29) is 10.6 Å². The van der Waals surface area contributed by atoms with E-state index in [2.05, 4.69) is 5.32 Å². The lowest BCUT2D eigenvalue weighted by Crippen LogP contribution is -2.16. The van der Waals surface area contributed by atoms with Gasteiger partial charge in [0.05, 0.1) is 4.92 Å². The standard InChI is InChI=1S/C10H14N2O2/c1-2-11-7-6-9-4-3-5-10(8-9)12(13)14/h3-5,8,11H,2,6-7H2,1H3. The van der Waals surface area contributed by atoms with Crippen molar-refractivity contribution in [1.82, 2.24) is 5.32 Å². The molecule has 0 aliphatic heterocycles. The highest BCUT2D eigenvalue weighted by Crippen LogP contribution is 2.12. The second-order valence-corrected chi connectivity index (χ2v) is 3.03. The van der Waals surface area contributed by atoms with Gasteiger partial charge in [0.15, 0.2) is 0 Å². The van der Waals surface area contributed by atoms with Gasteiger partial charge in [0, 0.05) is 12.1 Å². The molecule has 0 heterocycles. The predicted molar refractivity (Wildman–Crippen MR) is 55.3 cm³/mol. The maximum absolute atomic E-state index is 10.5. The SMILES string of the molecule is CCNCCc1cccc([N+](=O)[O-])c1. The minimum Gasteiger partial charge on any atom is -0.317 e. The van der Waals surface area contributed by atoms with Crippen LogP contribution in [-0.2, 0) is 6.42 Å².